The number of benzene rings is 2. The van der Waals surface area contributed by atoms with Crippen LogP contribution in [0.25, 0.3) is 0 Å². The lowest BCUT2D eigenvalue weighted by Gasteiger charge is -2.37. The summed E-state index contributed by atoms with van der Waals surface area (Å²) in [5, 5.41) is 9.76. The Labute approximate surface area is 181 Å². The molecule has 2 aromatic rings. The van der Waals surface area contributed by atoms with Crippen LogP contribution < -0.4 is 9.47 Å². The highest BCUT2D eigenvalue weighted by molar-refractivity contribution is 6.31. The first kappa shape index (κ1) is 19.7. The number of hydrogen-bond donors (Lipinski definition) is 1. The number of piperidine rings is 1. The number of hydrogen-bond acceptors (Lipinski definition) is 4. The van der Waals surface area contributed by atoms with Gasteiger partial charge in [-0.2, -0.15) is 0 Å². The van der Waals surface area contributed by atoms with E-state index in [1.165, 1.54) is 24.0 Å². The van der Waals surface area contributed by atoms with Crippen LogP contribution in [0, 0.1) is 0 Å². The van der Waals surface area contributed by atoms with Crippen LogP contribution in [-0.4, -0.2) is 42.2 Å². The molecule has 158 valence electrons. The number of likely N-dealkylation sites (tertiary alicyclic amines) is 1. The maximum atomic E-state index is 11.0. The van der Waals surface area contributed by atoms with Gasteiger partial charge in [0, 0.05) is 27.6 Å². The Bertz CT molecular complexity index is 964. The van der Waals surface area contributed by atoms with Gasteiger partial charge < -0.3 is 14.6 Å². The minimum Gasteiger partial charge on any atom is -0.492 e. The van der Waals surface area contributed by atoms with E-state index in [2.05, 4.69) is 18.2 Å². The van der Waals surface area contributed by atoms with E-state index >= 15 is 0 Å². The Morgan fingerprint density at radius 2 is 2.00 bits per heavy atom. The van der Waals surface area contributed by atoms with E-state index in [4.69, 9.17) is 26.2 Å². The van der Waals surface area contributed by atoms with Gasteiger partial charge in [-0.25, -0.2) is 0 Å². The van der Waals surface area contributed by atoms with Gasteiger partial charge in [-0.1, -0.05) is 29.8 Å². The Hall–Kier alpha value is -2.24. The fraction of sp³-hybridized carbons (Fsp3) is 0.458. The molecule has 1 aliphatic carbocycles. The molecule has 0 bridgehead atoms. The highest BCUT2D eigenvalue weighted by atomic mass is 35.5. The Morgan fingerprint density at radius 1 is 1.20 bits per heavy atom. The number of rotatable bonds is 6. The number of carboxylic acid groups (broad SMARTS) is 1. The van der Waals surface area contributed by atoms with Gasteiger partial charge in [0.2, 0.25) is 0 Å². The van der Waals surface area contributed by atoms with Crippen molar-refractivity contribution in [1.29, 1.82) is 0 Å². The first-order valence-corrected chi connectivity index (χ1v) is 11.0. The lowest BCUT2D eigenvalue weighted by Crippen LogP contribution is -2.45. The third-order valence-corrected chi connectivity index (χ3v) is 7.08. The van der Waals surface area contributed by atoms with E-state index < -0.39 is 5.97 Å². The minimum absolute atomic E-state index is 0.00916. The summed E-state index contributed by atoms with van der Waals surface area (Å²) in [5.41, 5.74) is 3.58. The second-order valence-corrected chi connectivity index (χ2v) is 9.22. The molecule has 1 saturated carbocycles. The van der Waals surface area contributed by atoms with E-state index in [1.54, 1.807) is 0 Å². The summed E-state index contributed by atoms with van der Waals surface area (Å²) >= 11 is 6.38. The molecule has 2 fully saturated rings. The van der Waals surface area contributed by atoms with Gasteiger partial charge in [0.05, 0.1) is 13.2 Å². The van der Waals surface area contributed by atoms with Crippen LogP contribution in [0.4, 0.5) is 0 Å². The van der Waals surface area contributed by atoms with Gasteiger partial charge in [0.1, 0.15) is 18.1 Å². The van der Waals surface area contributed by atoms with Crippen LogP contribution in [0.1, 0.15) is 48.3 Å². The smallest absolute Gasteiger partial charge is 0.317 e. The quantitative estimate of drug-likeness (QED) is 0.729. The molecule has 2 aromatic carbocycles. The molecule has 0 unspecified atom stereocenters. The third-order valence-electron chi connectivity index (χ3n) is 6.71. The van der Waals surface area contributed by atoms with Crippen LogP contribution in [0.15, 0.2) is 36.4 Å². The van der Waals surface area contributed by atoms with E-state index in [0.29, 0.717) is 19.1 Å². The predicted molar refractivity (Wildman–Crippen MR) is 115 cm³/mol. The zero-order valence-electron chi connectivity index (χ0n) is 16.9. The molecule has 1 N–H and O–H groups in total. The monoisotopic (exact) mass is 427 g/mol. The summed E-state index contributed by atoms with van der Waals surface area (Å²) < 4.78 is 12.1. The minimum atomic E-state index is -0.765. The van der Waals surface area contributed by atoms with Crippen LogP contribution in [-0.2, 0) is 16.8 Å². The van der Waals surface area contributed by atoms with Crippen molar-refractivity contribution in [3.8, 4) is 11.5 Å². The fourth-order valence-corrected chi connectivity index (χ4v) is 4.90. The second kappa shape index (κ2) is 7.78. The molecule has 5 rings (SSSR count). The molecular weight excluding hydrogens is 402 g/mol. The molecule has 2 aliphatic heterocycles. The number of ether oxygens (including phenoxy) is 2. The largest absolute Gasteiger partial charge is 0.492 e. The Morgan fingerprint density at radius 3 is 2.73 bits per heavy atom. The average molecular weight is 428 g/mol. The fourth-order valence-electron chi connectivity index (χ4n) is 4.72. The van der Waals surface area contributed by atoms with Crippen LogP contribution in [0.5, 0.6) is 11.5 Å². The number of carboxylic acids is 1. The van der Waals surface area contributed by atoms with Gasteiger partial charge in [-0.3, -0.25) is 9.69 Å². The van der Waals surface area contributed by atoms with Crippen LogP contribution in [0.3, 0.4) is 0 Å². The molecule has 6 heteroatoms. The molecule has 2 heterocycles. The summed E-state index contributed by atoms with van der Waals surface area (Å²) in [4.78, 5) is 13.0. The third kappa shape index (κ3) is 3.88. The summed E-state index contributed by atoms with van der Waals surface area (Å²) in [6.07, 6.45) is 4.36. The van der Waals surface area contributed by atoms with E-state index in [0.717, 1.165) is 48.0 Å². The maximum Gasteiger partial charge on any atom is 0.317 e. The molecule has 3 aliphatic rings. The lowest BCUT2D eigenvalue weighted by atomic mass is 9.74. The van der Waals surface area contributed by atoms with Crippen molar-refractivity contribution >= 4 is 17.6 Å². The summed E-state index contributed by atoms with van der Waals surface area (Å²) in [6.45, 7) is 2.77. The zero-order chi connectivity index (χ0) is 20.7. The molecule has 1 spiro atoms. The Kier molecular flexibility index (Phi) is 5.11. The number of nitrogens with zero attached hydrogens (tertiary/aromatic N) is 1. The van der Waals surface area contributed by atoms with Crippen LogP contribution >= 0.6 is 11.6 Å². The second-order valence-electron chi connectivity index (χ2n) is 8.81. The van der Waals surface area contributed by atoms with Crippen molar-refractivity contribution < 1.29 is 19.4 Å². The number of carbonyl (C=O) groups is 1. The molecule has 0 atom stereocenters. The normalized spacial score (nSPS) is 20.0. The first-order valence-electron chi connectivity index (χ1n) is 10.7. The molecule has 0 radical (unpaired) electrons. The van der Waals surface area contributed by atoms with Crippen molar-refractivity contribution in [2.75, 3.05) is 26.2 Å². The van der Waals surface area contributed by atoms with E-state index in [1.807, 2.05) is 23.1 Å². The SMILES string of the molecule is O=C(O)CN1CCC2(CC1)COc1cc(OCc3cc(C4CC4)ccc3Cl)ccc12. The highest BCUT2D eigenvalue weighted by Gasteiger charge is 2.43. The predicted octanol–water partition coefficient (Wildman–Crippen LogP) is 4.61. The van der Waals surface area contributed by atoms with Crippen molar-refractivity contribution in [3.63, 3.8) is 0 Å². The standard InChI is InChI=1S/C24H26ClNO4/c25-21-6-3-17(16-1-2-16)11-18(21)14-29-19-4-5-20-22(12-19)30-15-24(20)7-9-26(10-8-24)13-23(27)28/h3-6,11-12,16H,1-2,7-10,13-15H2,(H,27,28). The molecular formula is C24H26ClNO4. The van der Waals surface area contributed by atoms with Crippen molar-refractivity contribution in [1.82, 2.24) is 4.90 Å². The van der Waals surface area contributed by atoms with Gasteiger partial charge in [0.15, 0.2) is 0 Å². The van der Waals surface area contributed by atoms with E-state index in [9.17, 15) is 4.79 Å². The molecule has 0 amide bonds. The highest BCUT2D eigenvalue weighted by Crippen LogP contribution is 2.47. The average Bonchev–Trinajstić information content (AvgIpc) is 3.53. The summed E-state index contributed by atoms with van der Waals surface area (Å²) in [5.74, 6) is 1.59. The maximum absolute atomic E-state index is 11.0. The summed E-state index contributed by atoms with van der Waals surface area (Å²) in [6, 6.07) is 12.4. The van der Waals surface area contributed by atoms with E-state index in [-0.39, 0.29) is 12.0 Å². The first-order chi connectivity index (χ1) is 14.5. The lowest BCUT2D eigenvalue weighted by molar-refractivity contribution is -0.138. The zero-order valence-corrected chi connectivity index (χ0v) is 17.7. The molecule has 5 nitrogen and oxygen atoms in total. The number of halogens is 1. The molecule has 1 saturated heterocycles. The molecule has 30 heavy (non-hydrogen) atoms. The molecule has 0 aromatic heterocycles. The van der Waals surface area contributed by atoms with Crippen LogP contribution in [0.2, 0.25) is 5.02 Å². The van der Waals surface area contributed by atoms with Gasteiger partial charge in [0.25, 0.3) is 0 Å². The van der Waals surface area contributed by atoms with Gasteiger partial charge >= 0.3 is 5.97 Å². The van der Waals surface area contributed by atoms with Crippen molar-refractivity contribution in [3.05, 3.63) is 58.1 Å². The Balaban J connectivity index is 1.26. The van der Waals surface area contributed by atoms with Crippen molar-refractivity contribution in [2.24, 2.45) is 0 Å². The topological polar surface area (TPSA) is 59.0 Å². The van der Waals surface area contributed by atoms with Crippen molar-refractivity contribution in [2.45, 2.75) is 43.6 Å². The van der Waals surface area contributed by atoms with Gasteiger partial charge in [-0.15, -0.1) is 0 Å². The number of aliphatic carboxylic acids is 1. The van der Waals surface area contributed by atoms with Gasteiger partial charge in [-0.05, 0) is 62.4 Å². The summed E-state index contributed by atoms with van der Waals surface area (Å²) in [7, 11) is 0. The number of fused-ring (bicyclic) bond motifs is 2.